The molecule has 4 nitrogen and oxygen atoms in total. The molecule has 3 saturated heterocycles. The molecule has 20 heavy (non-hydrogen) atoms. The summed E-state index contributed by atoms with van der Waals surface area (Å²) in [5, 5.41) is 9.75. The van der Waals surface area contributed by atoms with Crippen LogP contribution in [0, 0.1) is 5.92 Å². The maximum absolute atomic E-state index is 12.7. The van der Waals surface area contributed by atoms with E-state index in [0.29, 0.717) is 6.54 Å². The van der Waals surface area contributed by atoms with Gasteiger partial charge in [-0.1, -0.05) is 30.3 Å². The topological polar surface area (TPSA) is 49.8 Å². The Kier molecular flexibility index (Phi) is 2.66. The minimum atomic E-state index is -0.260. The number of fused-ring (bicyclic) bond motifs is 1. The van der Waals surface area contributed by atoms with Gasteiger partial charge in [-0.25, -0.2) is 0 Å². The molecule has 4 heteroatoms. The van der Waals surface area contributed by atoms with E-state index < -0.39 is 0 Å². The highest BCUT2D eigenvalue weighted by Gasteiger charge is 2.63. The third-order valence-corrected chi connectivity index (χ3v) is 5.18. The van der Waals surface area contributed by atoms with Crippen molar-refractivity contribution in [1.82, 2.24) is 4.90 Å². The summed E-state index contributed by atoms with van der Waals surface area (Å²) in [5.74, 6) is 0.175. The molecular formula is C16H19NO3. The van der Waals surface area contributed by atoms with Crippen molar-refractivity contribution in [2.24, 2.45) is 5.92 Å². The Morgan fingerprint density at radius 1 is 1.40 bits per heavy atom. The number of ether oxygens (including phenoxy) is 1. The number of amides is 1. The Bertz CT molecular complexity index is 532. The predicted molar refractivity (Wildman–Crippen MR) is 72.9 cm³/mol. The van der Waals surface area contributed by atoms with Crippen molar-refractivity contribution >= 4 is 5.91 Å². The standard InChI is InChI=1S/C16H19NO3/c18-9-14(11-4-2-1-3-5-11)17-10-16-7-6-12(20-16)8-13(16)15(17)19/h1-5,12-14,18H,6-10H2/t12-,13+,14?,16+/m0/s1. The van der Waals surface area contributed by atoms with Crippen LogP contribution in [0.3, 0.4) is 0 Å². The quantitative estimate of drug-likeness (QED) is 0.908. The lowest BCUT2D eigenvalue weighted by Crippen LogP contribution is -2.36. The number of likely N-dealkylation sites (tertiary alicyclic amines) is 1. The lowest BCUT2D eigenvalue weighted by Gasteiger charge is -2.29. The molecule has 2 bridgehead atoms. The van der Waals surface area contributed by atoms with E-state index in [2.05, 4.69) is 0 Å². The lowest BCUT2D eigenvalue weighted by atomic mass is 9.81. The Hall–Kier alpha value is -1.39. The molecule has 1 N–H and O–H groups in total. The molecular weight excluding hydrogens is 254 g/mol. The van der Waals surface area contributed by atoms with Crippen molar-refractivity contribution < 1.29 is 14.6 Å². The summed E-state index contributed by atoms with van der Waals surface area (Å²) in [7, 11) is 0. The van der Waals surface area contributed by atoms with Crippen LogP contribution in [-0.2, 0) is 9.53 Å². The fourth-order valence-electron chi connectivity index (χ4n) is 4.20. The number of aliphatic hydroxyl groups excluding tert-OH is 1. The van der Waals surface area contributed by atoms with Gasteiger partial charge in [0, 0.05) is 0 Å². The average Bonchev–Trinajstić information content (AvgIpc) is 3.12. The second-order valence-electron chi connectivity index (χ2n) is 6.21. The highest BCUT2D eigenvalue weighted by Crippen LogP contribution is 2.53. The largest absolute Gasteiger partial charge is 0.394 e. The first-order chi connectivity index (χ1) is 9.73. The number of carbonyl (C=O) groups is 1. The smallest absolute Gasteiger partial charge is 0.229 e. The highest BCUT2D eigenvalue weighted by molar-refractivity contribution is 5.84. The van der Waals surface area contributed by atoms with Gasteiger partial charge in [0.25, 0.3) is 0 Å². The molecule has 0 aliphatic carbocycles. The van der Waals surface area contributed by atoms with Gasteiger partial charge in [0.1, 0.15) is 0 Å². The second kappa shape index (κ2) is 4.30. The Morgan fingerprint density at radius 3 is 2.85 bits per heavy atom. The summed E-state index contributed by atoms with van der Waals surface area (Å²) in [5.41, 5.74) is 0.735. The zero-order valence-electron chi connectivity index (χ0n) is 11.4. The fourth-order valence-corrected chi connectivity index (χ4v) is 4.20. The van der Waals surface area contributed by atoms with Gasteiger partial charge >= 0.3 is 0 Å². The maximum Gasteiger partial charge on any atom is 0.229 e. The molecule has 1 aromatic carbocycles. The van der Waals surface area contributed by atoms with E-state index in [9.17, 15) is 9.90 Å². The first kappa shape index (κ1) is 12.4. The molecule has 106 valence electrons. The maximum atomic E-state index is 12.7. The molecule has 0 radical (unpaired) electrons. The normalized spacial score (nSPS) is 36.5. The van der Waals surface area contributed by atoms with Crippen LogP contribution in [0.2, 0.25) is 0 Å². The van der Waals surface area contributed by atoms with Crippen molar-refractivity contribution in [1.29, 1.82) is 0 Å². The average molecular weight is 273 g/mol. The minimum Gasteiger partial charge on any atom is -0.394 e. The second-order valence-corrected chi connectivity index (χ2v) is 6.21. The Labute approximate surface area is 118 Å². The first-order valence-corrected chi connectivity index (χ1v) is 7.38. The van der Waals surface area contributed by atoms with Crippen LogP contribution in [0.15, 0.2) is 30.3 Å². The van der Waals surface area contributed by atoms with Crippen molar-refractivity contribution in [3.05, 3.63) is 35.9 Å². The summed E-state index contributed by atoms with van der Waals surface area (Å²) in [4.78, 5) is 14.5. The van der Waals surface area contributed by atoms with Crippen molar-refractivity contribution in [3.63, 3.8) is 0 Å². The SMILES string of the molecule is O=C1[C@H]2C[C@@H]3CC[C@]2(CN1C(CO)c1ccccc1)O3. The molecule has 1 spiro atoms. The van der Waals surface area contributed by atoms with Gasteiger partial charge in [0.2, 0.25) is 5.91 Å². The number of hydrogen-bond donors (Lipinski definition) is 1. The van der Waals surface area contributed by atoms with E-state index in [1.165, 1.54) is 0 Å². The summed E-state index contributed by atoms with van der Waals surface area (Å²) in [6, 6.07) is 9.53. The predicted octanol–water partition coefficient (Wildman–Crippen LogP) is 1.50. The molecule has 1 aromatic rings. The summed E-state index contributed by atoms with van der Waals surface area (Å²) >= 11 is 0. The van der Waals surface area contributed by atoms with Crippen LogP contribution in [0.5, 0.6) is 0 Å². The number of hydrogen-bond acceptors (Lipinski definition) is 3. The lowest BCUT2D eigenvalue weighted by molar-refractivity contribution is -0.134. The van der Waals surface area contributed by atoms with Crippen LogP contribution in [0.25, 0.3) is 0 Å². The molecule has 4 rings (SSSR count). The highest BCUT2D eigenvalue weighted by atomic mass is 16.5. The van der Waals surface area contributed by atoms with Crippen LogP contribution in [0.4, 0.5) is 0 Å². The molecule has 0 saturated carbocycles. The van der Waals surface area contributed by atoms with Crippen molar-refractivity contribution in [2.45, 2.75) is 37.0 Å². The summed E-state index contributed by atoms with van der Waals surface area (Å²) in [6.45, 7) is 0.592. The van der Waals surface area contributed by atoms with E-state index in [0.717, 1.165) is 24.8 Å². The molecule has 3 heterocycles. The van der Waals surface area contributed by atoms with E-state index >= 15 is 0 Å². The van der Waals surface area contributed by atoms with Crippen LogP contribution in [-0.4, -0.2) is 40.8 Å². The number of rotatable bonds is 3. The molecule has 1 unspecified atom stereocenters. The molecule has 3 aliphatic heterocycles. The van der Waals surface area contributed by atoms with Gasteiger partial charge in [-0.05, 0) is 24.8 Å². The van der Waals surface area contributed by atoms with Crippen molar-refractivity contribution in [2.75, 3.05) is 13.2 Å². The van der Waals surface area contributed by atoms with E-state index in [1.54, 1.807) is 0 Å². The molecule has 1 amide bonds. The number of nitrogens with zero attached hydrogens (tertiary/aromatic N) is 1. The van der Waals surface area contributed by atoms with Gasteiger partial charge in [-0.3, -0.25) is 4.79 Å². The summed E-state index contributed by atoms with van der Waals surface area (Å²) < 4.78 is 6.07. The monoisotopic (exact) mass is 273 g/mol. The first-order valence-electron chi connectivity index (χ1n) is 7.38. The number of aliphatic hydroxyl groups is 1. The van der Waals surface area contributed by atoms with Gasteiger partial charge in [-0.2, -0.15) is 0 Å². The fraction of sp³-hybridized carbons (Fsp3) is 0.562. The molecule has 3 aliphatic rings. The van der Waals surface area contributed by atoms with Crippen molar-refractivity contribution in [3.8, 4) is 0 Å². The van der Waals surface area contributed by atoms with Gasteiger partial charge < -0.3 is 14.7 Å². The zero-order valence-corrected chi connectivity index (χ0v) is 11.4. The zero-order chi connectivity index (χ0) is 13.7. The Balaban J connectivity index is 1.64. The minimum absolute atomic E-state index is 0.0130. The third-order valence-electron chi connectivity index (χ3n) is 5.18. The molecule has 4 atom stereocenters. The molecule has 0 aromatic heterocycles. The van der Waals surface area contributed by atoms with Crippen LogP contribution < -0.4 is 0 Å². The van der Waals surface area contributed by atoms with Gasteiger partial charge in [0.15, 0.2) is 0 Å². The Morgan fingerprint density at radius 2 is 2.20 bits per heavy atom. The molecule has 3 fully saturated rings. The van der Waals surface area contributed by atoms with Gasteiger partial charge in [-0.15, -0.1) is 0 Å². The third kappa shape index (κ3) is 1.58. The van der Waals surface area contributed by atoms with Crippen LogP contribution >= 0.6 is 0 Å². The van der Waals surface area contributed by atoms with E-state index in [1.807, 2.05) is 35.2 Å². The van der Waals surface area contributed by atoms with Gasteiger partial charge in [0.05, 0.1) is 36.8 Å². The number of carbonyl (C=O) groups excluding carboxylic acids is 1. The van der Waals surface area contributed by atoms with E-state index in [4.69, 9.17) is 4.74 Å². The van der Waals surface area contributed by atoms with Crippen LogP contribution in [0.1, 0.15) is 30.9 Å². The number of benzene rings is 1. The summed E-state index contributed by atoms with van der Waals surface area (Å²) in [6.07, 6.45) is 3.21. The van der Waals surface area contributed by atoms with E-state index in [-0.39, 0.29) is 36.2 Å².